The zero-order valence-electron chi connectivity index (χ0n) is 10.0. The lowest BCUT2D eigenvalue weighted by atomic mass is 10.0. The standard InChI is InChI=1S/C14H17ClO2/c1-10-8-12(15)6-7-14(10)17-9-13(16)11-4-2-3-5-11/h6-8,11H,2-5,9H2,1H3. The molecule has 3 heteroatoms. The number of carbonyl (C=O) groups excluding carboxylic acids is 1. The van der Waals surface area contributed by atoms with Crippen molar-refractivity contribution in [1.82, 2.24) is 0 Å². The predicted octanol–water partition coefficient (Wildman–Crippen LogP) is 3.79. The fraction of sp³-hybridized carbons (Fsp3) is 0.500. The van der Waals surface area contributed by atoms with Crippen LogP contribution in [0.2, 0.25) is 5.02 Å². The Morgan fingerprint density at radius 3 is 2.76 bits per heavy atom. The molecule has 1 saturated carbocycles. The monoisotopic (exact) mass is 252 g/mol. The van der Waals surface area contributed by atoms with Crippen molar-refractivity contribution in [3.63, 3.8) is 0 Å². The van der Waals surface area contributed by atoms with Crippen molar-refractivity contribution in [3.8, 4) is 5.75 Å². The van der Waals surface area contributed by atoms with Gasteiger partial charge in [0.05, 0.1) is 0 Å². The van der Waals surface area contributed by atoms with Crippen LogP contribution in [0.25, 0.3) is 0 Å². The molecule has 0 saturated heterocycles. The summed E-state index contributed by atoms with van der Waals surface area (Å²) in [6.45, 7) is 2.12. The van der Waals surface area contributed by atoms with Gasteiger partial charge in [-0.3, -0.25) is 4.79 Å². The van der Waals surface area contributed by atoms with Crippen LogP contribution in [-0.2, 0) is 4.79 Å². The van der Waals surface area contributed by atoms with Gasteiger partial charge in [-0.25, -0.2) is 0 Å². The summed E-state index contributed by atoms with van der Waals surface area (Å²) >= 11 is 5.86. The maximum Gasteiger partial charge on any atom is 0.173 e. The number of ether oxygens (including phenoxy) is 1. The first-order valence-corrected chi connectivity index (χ1v) is 6.46. The van der Waals surface area contributed by atoms with E-state index in [1.807, 2.05) is 19.1 Å². The van der Waals surface area contributed by atoms with Crippen molar-refractivity contribution in [2.24, 2.45) is 5.92 Å². The van der Waals surface area contributed by atoms with Crippen LogP contribution < -0.4 is 4.74 Å². The van der Waals surface area contributed by atoms with E-state index in [1.165, 1.54) is 12.8 Å². The van der Waals surface area contributed by atoms with Gasteiger partial charge in [-0.05, 0) is 43.5 Å². The van der Waals surface area contributed by atoms with Crippen LogP contribution in [0, 0.1) is 12.8 Å². The molecule has 0 unspecified atom stereocenters. The molecule has 92 valence electrons. The Balaban J connectivity index is 1.90. The van der Waals surface area contributed by atoms with E-state index in [1.54, 1.807) is 6.07 Å². The summed E-state index contributed by atoms with van der Waals surface area (Å²) in [6.07, 6.45) is 4.41. The van der Waals surface area contributed by atoms with Gasteiger partial charge in [0, 0.05) is 10.9 Å². The maximum absolute atomic E-state index is 11.8. The molecule has 0 amide bonds. The summed E-state index contributed by atoms with van der Waals surface area (Å²) in [7, 11) is 0. The SMILES string of the molecule is Cc1cc(Cl)ccc1OCC(=O)C1CCCC1. The Morgan fingerprint density at radius 2 is 2.12 bits per heavy atom. The minimum atomic E-state index is 0.188. The summed E-state index contributed by atoms with van der Waals surface area (Å²) in [4.78, 5) is 11.8. The molecule has 1 aromatic carbocycles. The van der Waals surface area contributed by atoms with E-state index in [-0.39, 0.29) is 18.3 Å². The van der Waals surface area contributed by atoms with Crippen LogP contribution in [0.15, 0.2) is 18.2 Å². The molecule has 0 aliphatic heterocycles. The first kappa shape index (κ1) is 12.4. The Morgan fingerprint density at radius 1 is 1.41 bits per heavy atom. The molecule has 1 aliphatic rings. The molecule has 0 radical (unpaired) electrons. The van der Waals surface area contributed by atoms with E-state index in [0.717, 1.165) is 24.2 Å². The van der Waals surface area contributed by atoms with Crippen LogP contribution >= 0.6 is 11.6 Å². The highest BCUT2D eigenvalue weighted by molar-refractivity contribution is 6.30. The minimum Gasteiger partial charge on any atom is -0.486 e. The second-order valence-electron chi connectivity index (χ2n) is 4.65. The molecule has 0 heterocycles. The van der Waals surface area contributed by atoms with Crippen molar-refractivity contribution < 1.29 is 9.53 Å². The van der Waals surface area contributed by atoms with E-state index in [2.05, 4.69) is 0 Å². The number of Topliss-reactive ketones (excluding diaryl/α,β-unsaturated/α-hetero) is 1. The molecule has 0 aromatic heterocycles. The third kappa shape index (κ3) is 3.22. The van der Waals surface area contributed by atoms with E-state index in [0.29, 0.717) is 5.02 Å². The van der Waals surface area contributed by atoms with Gasteiger partial charge < -0.3 is 4.74 Å². The van der Waals surface area contributed by atoms with Crippen LogP contribution in [0.1, 0.15) is 31.2 Å². The fourth-order valence-corrected chi connectivity index (χ4v) is 2.52. The average molecular weight is 253 g/mol. The van der Waals surface area contributed by atoms with Crippen molar-refractivity contribution in [2.45, 2.75) is 32.6 Å². The predicted molar refractivity (Wildman–Crippen MR) is 68.6 cm³/mol. The zero-order chi connectivity index (χ0) is 12.3. The molecule has 0 bridgehead atoms. The minimum absolute atomic E-state index is 0.188. The maximum atomic E-state index is 11.8. The Labute approximate surface area is 107 Å². The van der Waals surface area contributed by atoms with E-state index in [4.69, 9.17) is 16.3 Å². The summed E-state index contributed by atoms with van der Waals surface area (Å²) in [5, 5.41) is 0.692. The third-order valence-corrected chi connectivity index (χ3v) is 3.55. The normalized spacial score (nSPS) is 16.1. The lowest BCUT2D eigenvalue weighted by Gasteiger charge is -2.11. The molecule has 2 nitrogen and oxygen atoms in total. The van der Waals surface area contributed by atoms with Crippen LogP contribution in [-0.4, -0.2) is 12.4 Å². The van der Waals surface area contributed by atoms with Crippen LogP contribution in [0.5, 0.6) is 5.75 Å². The van der Waals surface area contributed by atoms with Gasteiger partial charge in [0.25, 0.3) is 0 Å². The fourth-order valence-electron chi connectivity index (χ4n) is 2.29. The van der Waals surface area contributed by atoms with Gasteiger partial charge >= 0.3 is 0 Å². The first-order chi connectivity index (χ1) is 8.16. The highest BCUT2D eigenvalue weighted by atomic mass is 35.5. The largest absolute Gasteiger partial charge is 0.486 e. The summed E-state index contributed by atoms with van der Waals surface area (Å²) < 4.78 is 5.56. The average Bonchev–Trinajstić information content (AvgIpc) is 2.81. The smallest absolute Gasteiger partial charge is 0.173 e. The van der Waals surface area contributed by atoms with Gasteiger partial charge in [0.1, 0.15) is 12.4 Å². The van der Waals surface area contributed by atoms with Gasteiger partial charge in [0.2, 0.25) is 0 Å². The molecule has 1 aliphatic carbocycles. The lowest BCUT2D eigenvalue weighted by molar-refractivity contribution is -0.124. The van der Waals surface area contributed by atoms with Crippen molar-refractivity contribution >= 4 is 17.4 Å². The lowest BCUT2D eigenvalue weighted by Crippen LogP contribution is -2.19. The van der Waals surface area contributed by atoms with Gasteiger partial charge in [0.15, 0.2) is 5.78 Å². The van der Waals surface area contributed by atoms with Crippen LogP contribution in [0.3, 0.4) is 0 Å². The molecule has 0 N–H and O–H groups in total. The molecule has 17 heavy (non-hydrogen) atoms. The molecular weight excluding hydrogens is 236 g/mol. The summed E-state index contributed by atoms with van der Waals surface area (Å²) in [6, 6.07) is 5.44. The third-order valence-electron chi connectivity index (χ3n) is 3.32. The molecule has 0 atom stereocenters. The highest BCUT2D eigenvalue weighted by Gasteiger charge is 2.22. The summed E-state index contributed by atoms with van der Waals surface area (Å²) in [5.74, 6) is 1.21. The van der Waals surface area contributed by atoms with Crippen molar-refractivity contribution in [3.05, 3.63) is 28.8 Å². The molecular formula is C14H17ClO2. The molecule has 1 aromatic rings. The molecule has 1 fully saturated rings. The van der Waals surface area contributed by atoms with Crippen molar-refractivity contribution in [2.75, 3.05) is 6.61 Å². The Bertz CT molecular complexity index is 409. The highest BCUT2D eigenvalue weighted by Crippen LogP contribution is 2.26. The number of aryl methyl sites for hydroxylation is 1. The van der Waals surface area contributed by atoms with E-state index < -0.39 is 0 Å². The number of ketones is 1. The second-order valence-corrected chi connectivity index (χ2v) is 5.08. The quantitative estimate of drug-likeness (QED) is 0.815. The number of carbonyl (C=O) groups is 1. The molecule has 2 rings (SSSR count). The first-order valence-electron chi connectivity index (χ1n) is 6.08. The number of hydrogen-bond donors (Lipinski definition) is 0. The Kier molecular flexibility index (Phi) is 4.06. The van der Waals surface area contributed by atoms with Gasteiger partial charge in [-0.15, -0.1) is 0 Å². The van der Waals surface area contributed by atoms with E-state index in [9.17, 15) is 4.79 Å². The topological polar surface area (TPSA) is 26.3 Å². The van der Waals surface area contributed by atoms with Crippen LogP contribution in [0.4, 0.5) is 0 Å². The zero-order valence-corrected chi connectivity index (χ0v) is 10.8. The molecule has 0 spiro atoms. The number of halogens is 1. The van der Waals surface area contributed by atoms with E-state index >= 15 is 0 Å². The van der Waals surface area contributed by atoms with Gasteiger partial charge in [-0.2, -0.15) is 0 Å². The van der Waals surface area contributed by atoms with Crippen molar-refractivity contribution in [1.29, 1.82) is 0 Å². The second kappa shape index (κ2) is 5.54. The number of rotatable bonds is 4. The summed E-state index contributed by atoms with van der Waals surface area (Å²) in [5.41, 5.74) is 0.969. The van der Waals surface area contributed by atoms with Gasteiger partial charge in [-0.1, -0.05) is 24.4 Å². The number of hydrogen-bond acceptors (Lipinski definition) is 2. The number of benzene rings is 1. The Hall–Kier alpha value is -1.02.